The van der Waals surface area contributed by atoms with Crippen LogP contribution in [0.5, 0.6) is 0 Å². The van der Waals surface area contributed by atoms with Gasteiger partial charge in [-0.1, -0.05) is 53.6 Å². The summed E-state index contributed by atoms with van der Waals surface area (Å²) in [5.74, 6) is 6.36. The molecule has 1 aliphatic rings. The molecule has 2 unspecified atom stereocenters. The number of nitrogens with one attached hydrogen (secondary N) is 1. The van der Waals surface area contributed by atoms with Crippen LogP contribution in [0, 0.1) is 13.8 Å². The molecule has 0 heterocycles. The Labute approximate surface area is 121 Å². The summed E-state index contributed by atoms with van der Waals surface area (Å²) in [6.07, 6.45) is 2.32. The van der Waals surface area contributed by atoms with E-state index in [9.17, 15) is 0 Å². The van der Waals surface area contributed by atoms with Crippen LogP contribution in [0.25, 0.3) is 0 Å². The van der Waals surface area contributed by atoms with Gasteiger partial charge in [0.1, 0.15) is 0 Å². The standard InChI is InChI=1S/C18H22N2/c1-12-9-13(2)11-15(10-12)18(20-19)17-8-7-14-5-3-4-6-16(14)17/h3-6,9-11,17-18,20H,7-8,19H2,1-2H3. The summed E-state index contributed by atoms with van der Waals surface area (Å²) >= 11 is 0. The molecule has 2 heteroatoms. The van der Waals surface area contributed by atoms with E-state index in [-0.39, 0.29) is 6.04 Å². The van der Waals surface area contributed by atoms with Crippen molar-refractivity contribution in [3.63, 3.8) is 0 Å². The predicted octanol–water partition coefficient (Wildman–Crippen LogP) is 3.54. The molecular formula is C18H22N2. The van der Waals surface area contributed by atoms with Gasteiger partial charge >= 0.3 is 0 Å². The fourth-order valence-electron chi connectivity index (χ4n) is 3.57. The molecule has 3 rings (SSSR count). The lowest BCUT2D eigenvalue weighted by Gasteiger charge is -2.25. The van der Waals surface area contributed by atoms with Crippen LogP contribution in [0.4, 0.5) is 0 Å². The molecule has 20 heavy (non-hydrogen) atoms. The number of rotatable bonds is 3. The van der Waals surface area contributed by atoms with Crippen LogP contribution >= 0.6 is 0 Å². The topological polar surface area (TPSA) is 38.0 Å². The van der Waals surface area contributed by atoms with E-state index in [2.05, 4.69) is 61.7 Å². The van der Waals surface area contributed by atoms with Gasteiger partial charge in [-0.2, -0.15) is 0 Å². The van der Waals surface area contributed by atoms with Gasteiger partial charge in [-0.15, -0.1) is 0 Å². The maximum absolute atomic E-state index is 5.89. The van der Waals surface area contributed by atoms with Crippen LogP contribution in [0.15, 0.2) is 42.5 Å². The van der Waals surface area contributed by atoms with Crippen LogP contribution in [0.3, 0.4) is 0 Å². The third kappa shape index (κ3) is 2.37. The predicted molar refractivity (Wildman–Crippen MR) is 83.5 cm³/mol. The number of fused-ring (bicyclic) bond motifs is 1. The van der Waals surface area contributed by atoms with Gasteiger partial charge in [0.15, 0.2) is 0 Å². The number of nitrogens with two attached hydrogens (primary N) is 1. The monoisotopic (exact) mass is 266 g/mol. The van der Waals surface area contributed by atoms with Crippen molar-refractivity contribution in [2.45, 2.75) is 38.6 Å². The molecule has 0 saturated carbocycles. The Morgan fingerprint density at radius 2 is 1.80 bits per heavy atom. The Morgan fingerprint density at radius 1 is 1.10 bits per heavy atom. The van der Waals surface area contributed by atoms with Crippen molar-refractivity contribution in [2.75, 3.05) is 0 Å². The molecule has 2 atom stereocenters. The second-order valence-corrected chi connectivity index (χ2v) is 5.91. The minimum atomic E-state index is 0.192. The number of hydrogen-bond acceptors (Lipinski definition) is 2. The van der Waals surface area contributed by atoms with E-state index in [1.165, 1.54) is 34.2 Å². The van der Waals surface area contributed by atoms with E-state index >= 15 is 0 Å². The molecule has 2 nitrogen and oxygen atoms in total. The van der Waals surface area contributed by atoms with Crippen LogP contribution in [-0.2, 0) is 6.42 Å². The highest BCUT2D eigenvalue weighted by Gasteiger charge is 2.30. The molecule has 0 fully saturated rings. The Bertz CT molecular complexity index is 598. The summed E-state index contributed by atoms with van der Waals surface area (Å²) in [6, 6.07) is 15.6. The van der Waals surface area contributed by atoms with Gasteiger partial charge in [-0.3, -0.25) is 11.3 Å². The van der Waals surface area contributed by atoms with Gasteiger partial charge in [-0.25, -0.2) is 0 Å². The van der Waals surface area contributed by atoms with Crippen molar-refractivity contribution in [3.8, 4) is 0 Å². The highest BCUT2D eigenvalue weighted by Crippen LogP contribution is 2.41. The summed E-state index contributed by atoms with van der Waals surface area (Å²) in [7, 11) is 0. The fraction of sp³-hybridized carbons (Fsp3) is 0.333. The quantitative estimate of drug-likeness (QED) is 0.659. The zero-order valence-corrected chi connectivity index (χ0v) is 12.2. The lowest BCUT2D eigenvalue weighted by molar-refractivity contribution is 0.452. The number of hydrogen-bond donors (Lipinski definition) is 2. The normalized spacial score (nSPS) is 18.9. The van der Waals surface area contributed by atoms with Crippen LogP contribution in [-0.4, -0.2) is 0 Å². The van der Waals surface area contributed by atoms with Gasteiger partial charge in [0.2, 0.25) is 0 Å². The van der Waals surface area contributed by atoms with Gasteiger partial charge in [-0.05, 0) is 43.4 Å². The number of aryl methyl sites for hydroxylation is 3. The number of benzene rings is 2. The number of hydrazine groups is 1. The van der Waals surface area contributed by atoms with Crippen molar-refractivity contribution in [3.05, 3.63) is 70.3 Å². The molecule has 3 N–H and O–H groups in total. The molecule has 0 saturated heterocycles. The fourth-order valence-corrected chi connectivity index (χ4v) is 3.57. The van der Waals surface area contributed by atoms with Crippen LogP contribution < -0.4 is 11.3 Å². The van der Waals surface area contributed by atoms with Crippen LogP contribution in [0.2, 0.25) is 0 Å². The van der Waals surface area contributed by atoms with Crippen LogP contribution in [0.1, 0.15) is 46.2 Å². The van der Waals surface area contributed by atoms with Gasteiger partial charge in [0.05, 0.1) is 6.04 Å². The first kappa shape index (κ1) is 13.3. The third-order valence-electron chi connectivity index (χ3n) is 4.36. The average Bonchev–Trinajstić information content (AvgIpc) is 2.83. The SMILES string of the molecule is Cc1cc(C)cc(C(NN)C2CCc3ccccc32)c1. The molecule has 0 aromatic heterocycles. The van der Waals surface area contributed by atoms with E-state index in [1.807, 2.05) is 0 Å². The molecule has 0 radical (unpaired) electrons. The van der Waals surface area contributed by atoms with Crippen molar-refractivity contribution in [1.82, 2.24) is 5.43 Å². The molecule has 1 aliphatic carbocycles. The minimum absolute atomic E-state index is 0.192. The van der Waals surface area contributed by atoms with E-state index in [4.69, 9.17) is 5.84 Å². The first-order valence-electron chi connectivity index (χ1n) is 7.31. The van der Waals surface area contributed by atoms with Gasteiger partial charge < -0.3 is 0 Å². The highest BCUT2D eigenvalue weighted by atomic mass is 15.2. The molecule has 0 aliphatic heterocycles. The zero-order valence-electron chi connectivity index (χ0n) is 12.2. The summed E-state index contributed by atoms with van der Waals surface area (Å²) in [5.41, 5.74) is 9.88. The van der Waals surface area contributed by atoms with E-state index in [0.717, 1.165) is 6.42 Å². The zero-order chi connectivity index (χ0) is 14.1. The Balaban J connectivity index is 1.99. The van der Waals surface area contributed by atoms with Crippen molar-refractivity contribution in [1.29, 1.82) is 0 Å². The molecule has 2 aromatic rings. The molecule has 104 valence electrons. The maximum atomic E-state index is 5.89. The first-order valence-corrected chi connectivity index (χ1v) is 7.31. The van der Waals surface area contributed by atoms with Gasteiger partial charge in [0.25, 0.3) is 0 Å². The largest absolute Gasteiger partial charge is 0.271 e. The molecule has 0 bridgehead atoms. The molecule has 2 aromatic carbocycles. The average molecular weight is 266 g/mol. The Hall–Kier alpha value is -1.64. The molecule has 0 spiro atoms. The first-order chi connectivity index (χ1) is 9.69. The second-order valence-electron chi connectivity index (χ2n) is 5.91. The molecular weight excluding hydrogens is 244 g/mol. The summed E-state index contributed by atoms with van der Waals surface area (Å²) < 4.78 is 0. The lowest BCUT2D eigenvalue weighted by Crippen LogP contribution is -2.32. The summed E-state index contributed by atoms with van der Waals surface area (Å²) in [5, 5.41) is 0. The van der Waals surface area contributed by atoms with E-state index < -0.39 is 0 Å². The Morgan fingerprint density at radius 3 is 2.50 bits per heavy atom. The summed E-state index contributed by atoms with van der Waals surface area (Å²) in [6.45, 7) is 4.29. The van der Waals surface area contributed by atoms with Crippen molar-refractivity contribution in [2.24, 2.45) is 5.84 Å². The summed E-state index contributed by atoms with van der Waals surface area (Å²) in [4.78, 5) is 0. The lowest BCUT2D eigenvalue weighted by atomic mass is 9.87. The van der Waals surface area contributed by atoms with E-state index in [1.54, 1.807) is 0 Å². The smallest absolute Gasteiger partial charge is 0.0528 e. The Kier molecular flexibility index (Phi) is 3.60. The van der Waals surface area contributed by atoms with Crippen molar-refractivity contribution < 1.29 is 0 Å². The molecule has 0 amide bonds. The second kappa shape index (κ2) is 5.39. The van der Waals surface area contributed by atoms with Crippen molar-refractivity contribution >= 4 is 0 Å². The van der Waals surface area contributed by atoms with Gasteiger partial charge in [0, 0.05) is 5.92 Å². The minimum Gasteiger partial charge on any atom is -0.271 e. The highest BCUT2D eigenvalue weighted by molar-refractivity contribution is 5.39. The maximum Gasteiger partial charge on any atom is 0.0528 e. The third-order valence-corrected chi connectivity index (χ3v) is 4.36. The van der Waals surface area contributed by atoms with E-state index in [0.29, 0.717) is 5.92 Å².